The molecule has 0 radical (unpaired) electrons. The molecule has 3 aromatic rings. The third-order valence-corrected chi connectivity index (χ3v) is 5.34. The molecular formula is C18H20N4OS. The summed E-state index contributed by atoms with van der Waals surface area (Å²) in [6, 6.07) is 8.52. The second-order valence-electron chi connectivity index (χ2n) is 6.28. The molecule has 0 bridgehead atoms. The first-order valence-corrected chi connectivity index (χ1v) is 8.98. The SMILES string of the molecule is Cc1cccc(N2CCN(C(=O)c3cn4cc(C)sc4n3)CC2)c1. The van der Waals surface area contributed by atoms with Gasteiger partial charge in [0.15, 0.2) is 4.96 Å². The second-order valence-corrected chi connectivity index (χ2v) is 7.49. The van der Waals surface area contributed by atoms with E-state index in [4.69, 9.17) is 0 Å². The predicted molar refractivity (Wildman–Crippen MR) is 97.1 cm³/mol. The van der Waals surface area contributed by atoms with Gasteiger partial charge in [-0.3, -0.25) is 9.20 Å². The number of rotatable bonds is 2. The summed E-state index contributed by atoms with van der Waals surface area (Å²) in [6.07, 6.45) is 3.85. The Morgan fingerprint density at radius 2 is 1.92 bits per heavy atom. The fourth-order valence-electron chi connectivity index (χ4n) is 3.17. The minimum Gasteiger partial charge on any atom is -0.368 e. The molecule has 1 aliphatic heterocycles. The van der Waals surface area contributed by atoms with Gasteiger partial charge in [-0.2, -0.15) is 0 Å². The van der Waals surface area contributed by atoms with E-state index in [0.717, 1.165) is 31.1 Å². The van der Waals surface area contributed by atoms with Gasteiger partial charge in [0, 0.05) is 49.1 Å². The Morgan fingerprint density at radius 1 is 1.12 bits per heavy atom. The first-order chi connectivity index (χ1) is 11.6. The topological polar surface area (TPSA) is 40.9 Å². The molecule has 0 spiro atoms. The van der Waals surface area contributed by atoms with Crippen molar-refractivity contribution in [3.05, 3.63) is 52.8 Å². The number of imidazole rings is 1. The molecule has 0 atom stereocenters. The average Bonchev–Trinajstić information content (AvgIpc) is 3.11. The molecule has 124 valence electrons. The molecule has 1 aromatic carbocycles. The molecule has 1 fully saturated rings. The summed E-state index contributed by atoms with van der Waals surface area (Å²) < 4.78 is 1.94. The van der Waals surface area contributed by atoms with Crippen molar-refractivity contribution in [3.63, 3.8) is 0 Å². The molecule has 0 unspecified atom stereocenters. The smallest absolute Gasteiger partial charge is 0.274 e. The van der Waals surface area contributed by atoms with Crippen molar-refractivity contribution in [2.24, 2.45) is 0 Å². The van der Waals surface area contributed by atoms with Gasteiger partial charge >= 0.3 is 0 Å². The fraction of sp³-hybridized carbons (Fsp3) is 0.333. The van der Waals surface area contributed by atoms with Crippen molar-refractivity contribution >= 4 is 27.9 Å². The van der Waals surface area contributed by atoms with E-state index in [9.17, 15) is 4.79 Å². The van der Waals surface area contributed by atoms with Crippen LogP contribution >= 0.6 is 11.3 Å². The number of aryl methyl sites for hydroxylation is 2. The van der Waals surface area contributed by atoms with Gasteiger partial charge in [0.05, 0.1) is 0 Å². The van der Waals surface area contributed by atoms with Crippen LogP contribution in [-0.2, 0) is 0 Å². The zero-order valence-electron chi connectivity index (χ0n) is 13.9. The highest BCUT2D eigenvalue weighted by atomic mass is 32.1. The van der Waals surface area contributed by atoms with Gasteiger partial charge in [0.1, 0.15) is 5.69 Å². The van der Waals surface area contributed by atoms with E-state index in [1.807, 2.05) is 28.6 Å². The van der Waals surface area contributed by atoms with Crippen LogP contribution in [0.3, 0.4) is 0 Å². The van der Waals surface area contributed by atoms with Gasteiger partial charge in [-0.1, -0.05) is 12.1 Å². The molecule has 0 saturated carbocycles. The fourth-order valence-corrected chi connectivity index (χ4v) is 3.98. The molecular weight excluding hydrogens is 320 g/mol. The molecule has 0 aliphatic carbocycles. The highest BCUT2D eigenvalue weighted by molar-refractivity contribution is 7.17. The lowest BCUT2D eigenvalue weighted by Crippen LogP contribution is -2.48. The standard InChI is InChI=1S/C18H20N4OS/c1-13-4-3-5-15(10-13)20-6-8-21(9-7-20)17(23)16-12-22-11-14(2)24-18(22)19-16/h3-5,10-12H,6-9H2,1-2H3. The predicted octanol–water partition coefficient (Wildman–Crippen LogP) is 2.98. The molecule has 4 rings (SSSR count). The zero-order chi connectivity index (χ0) is 16.7. The van der Waals surface area contributed by atoms with Crippen LogP contribution in [0.4, 0.5) is 5.69 Å². The number of nitrogens with zero attached hydrogens (tertiary/aromatic N) is 4. The van der Waals surface area contributed by atoms with E-state index in [0.29, 0.717) is 5.69 Å². The molecule has 2 aromatic heterocycles. The minimum absolute atomic E-state index is 0.0347. The number of aromatic nitrogens is 2. The Balaban J connectivity index is 1.45. The third-order valence-electron chi connectivity index (χ3n) is 4.42. The van der Waals surface area contributed by atoms with Crippen molar-refractivity contribution in [1.29, 1.82) is 0 Å². The normalized spacial score (nSPS) is 15.2. The van der Waals surface area contributed by atoms with E-state index in [2.05, 4.69) is 41.1 Å². The first kappa shape index (κ1) is 15.2. The highest BCUT2D eigenvalue weighted by Gasteiger charge is 2.24. The number of hydrogen-bond acceptors (Lipinski definition) is 4. The van der Waals surface area contributed by atoms with Crippen molar-refractivity contribution < 1.29 is 4.79 Å². The molecule has 6 heteroatoms. The van der Waals surface area contributed by atoms with Crippen molar-refractivity contribution in [3.8, 4) is 0 Å². The Kier molecular flexibility index (Phi) is 3.76. The molecule has 5 nitrogen and oxygen atoms in total. The summed E-state index contributed by atoms with van der Waals surface area (Å²) >= 11 is 1.61. The van der Waals surface area contributed by atoms with Crippen LogP contribution in [0.15, 0.2) is 36.7 Å². The van der Waals surface area contributed by atoms with Gasteiger partial charge in [-0.15, -0.1) is 11.3 Å². The van der Waals surface area contributed by atoms with E-state index >= 15 is 0 Å². The number of hydrogen-bond donors (Lipinski definition) is 0. The van der Waals surface area contributed by atoms with Crippen LogP contribution in [0.5, 0.6) is 0 Å². The van der Waals surface area contributed by atoms with Gasteiger partial charge in [0.25, 0.3) is 5.91 Å². The second kappa shape index (κ2) is 5.94. The first-order valence-electron chi connectivity index (χ1n) is 8.16. The van der Waals surface area contributed by atoms with Gasteiger partial charge in [-0.05, 0) is 31.5 Å². The molecule has 1 saturated heterocycles. The Bertz CT molecular complexity index is 858. The molecule has 1 aliphatic rings. The number of anilines is 1. The largest absolute Gasteiger partial charge is 0.368 e. The van der Waals surface area contributed by atoms with Crippen molar-refractivity contribution in [1.82, 2.24) is 14.3 Å². The quantitative estimate of drug-likeness (QED) is 0.720. The van der Waals surface area contributed by atoms with Crippen molar-refractivity contribution in [2.75, 3.05) is 31.1 Å². The van der Waals surface area contributed by atoms with Crippen LogP contribution in [-0.4, -0.2) is 46.4 Å². The summed E-state index contributed by atoms with van der Waals surface area (Å²) in [5, 5.41) is 0. The maximum absolute atomic E-state index is 12.7. The van der Waals surface area contributed by atoms with E-state index in [1.54, 1.807) is 11.3 Å². The van der Waals surface area contributed by atoms with E-state index in [1.165, 1.54) is 16.1 Å². The number of fused-ring (bicyclic) bond motifs is 1. The summed E-state index contributed by atoms with van der Waals surface area (Å²) in [4.78, 5) is 23.5. The summed E-state index contributed by atoms with van der Waals surface area (Å²) in [5.41, 5.74) is 3.05. The van der Waals surface area contributed by atoms with Gasteiger partial charge in [0.2, 0.25) is 0 Å². The number of piperazine rings is 1. The number of thiazole rings is 1. The number of benzene rings is 1. The van der Waals surface area contributed by atoms with Crippen LogP contribution in [0, 0.1) is 13.8 Å². The van der Waals surface area contributed by atoms with Crippen LogP contribution in [0.1, 0.15) is 20.9 Å². The Hall–Kier alpha value is -2.34. The molecule has 1 amide bonds. The maximum atomic E-state index is 12.7. The van der Waals surface area contributed by atoms with Crippen LogP contribution in [0.2, 0.25) is 0 Å². The highest BCUT2D eigenvalue weighted by Crippen LogP contribution is 2.20. The van der Waals surface area contributed by atoms with Gasteiger partial charge < -0.3 is 9.80 Å². The van der Waals surface area contributed by atoms with E-state index < -0.39 is 0 Å². The van der Waals surface area contributed by atoms with Crippen molar-refractivity contribution in [2.45, 2.75) is 13.8 Å². The lowest BCUT2D eigenvalue weighted by atomic mass is 10.2. The third kappa shape index (κ3) is 2.78. The molecule has 3 heterocycles. The summed E-state index contributed by atoms with van der Waals surface area (Å²) in [5.74, 6) is 0.0347. The Morgan fingerprint density at radius 3 is 2.62 bits per heavy atom. The van der Waals surface area contributed by atoms with Crippen LogP contribution < -0.4 is 4.90 Å². The Labute approximate surface area is 145 Å². The lowest BCUT2D eigenvalue weighted by Gasteiger charge is -2.36. The number of carbonyl (C=O) groups excluding carboxylic acids is 1. The molecule has 24 heavy (non-hydrogen) atoms. The minimum atomic E-state index is 0.0347. The monoisotopic (exact) mass is 340 g/mol. The van der Waals surface area contributed by atoms with Gasteiger partial charge in [-0.25, -0.2) is 4.98 Å². The number of carbonyl (C=O) groups is 1. The summed E-state index contributed by atoms with van der Waals surface area (Å²) in [6.45, 7) is 7.34. The average molecular weight is 340 g/mol. The summed E-state index contributed by atoms with van der Waals surface area (Å²) in [7, 11) is 0. The lowest BCUT2D eigenvalue weighted by molar-refractivity contribution is 0.0741. The molecule has 0 N–H and O–H groups in total. The maximum Gasteiger partial charge on any atom is 0.274 e. The number of amides is 1. The van der Waals surface area contributed by atoms with Crippen LogP contribution in [0.25, 0.3) is 4.96 Å². The zero-order valence-corrected chi connectivity index (χ0v) is 14.7. The van der Waals surface area contributed by atoms with E-state index in [-0.39, 0.29) is 5.91 Å².